The summed E-state index contributed by atoms with van der Waals surface area (Å²) in [5.74, 6) is 1.25. The van der Waals surface area contributed by atoms with Crippen LogP contribution in [0.2, 0.25) is 0 Å². The van der Waals surface area contributed by atoms with E-state index in [1.807, 2.05) is 19.1 Å². The van der Waals surface area contributed by atoms with Crippen LogP contribution in [-0.4, -0.2) is 11.9 Å². The number of nitrogens with two attached hydrogens (primary N) is 1. The van der Waals surface area contributed by atoms with E-state index in [0.29, 0.717) is 5.92 Å². The van der Waals surface area contributed by atoms with Crippen LogP contribution in [0.4, 0.5) is 0 Å². The van der Waals surface area contributed by atoms with Crippen LogP contribution in [0.3, 0.4) is 0 Å². The molecule has 0 aromatic carbocycles. The van der Waals surface area contributed by atoms with Crippen molar-refractivity contribution in [2.75, 3.05) is 0 Å². The van der Waals surface area contributed by atoms with Crippen LogP contribution in [-0.2, 0) is 4.79 Å². The zero-order valence-electron chi connectivity index (χ0n) is 12.8. The number of rotatable bonds is 3. The van der Waals surface area contributed by atoms with Gasteiger partial charge in [-0.3, -0.25) is 4.79 Å². The smallest absolute Gasteiger partial charge is 0.224 e. The van der Waals surface area contributed by atoms with Crippen molar-refractivity contribution in [1.82, 2.24) is 5.32 Å². The lowest BCUT2D eigenvalue weighted by atomic mass is 9.61. The Morgan fingerprint density at radius 3 is 2.80 bits per heavy atom. The molecule has 1 aliphatic carbocycles. The second-order valence-corrected chi connectivity index (χ2v) is 6.65. The van der Waals surface area contributed by atoms with Crippen molar-refractivity contribution in [3.8, 4) is 0 Å². The molecule has 4 nitrogen and oxygen atoms in total. The van der Waals surface area contributed by atoms with Gasteiger partial charge in [0.05, 0.1) is 12.3 Å². The highest BCUT2D eigenvalue weighted by atomic mass is 16.3. The first-order valence-electron chi connectivity index (χ1n) is 7.43. The van der Waals surface area contributed by atoms with Gasteiger partial charge in [0, 0.05) is 12.0 Å². The van der Waals surface area contributed by atoms with Crippen LogP contribution in [0.5, 0.6) is 0 Å². The summed E-state index contributed by atoms with van der Waals surface area (Å²) in [5.41, 5.74) is 6.07. The quantitative estimate of drug-likeness (QED) is 0.893. The molecule has 0 spiro atoms. The van der Waals surface area contributed by atoms with E-state index in [2.05, 4.69) is 26.1 Å². The summed E-state index contributed by atoms with van der Waals surface area (Å²) in [6.07, 6.45) is 3.40. The predicted octanol–water partition coefficient (Wildman–Crippen LogP) is 2.86. The highest BCUT2D eigenvalue weighted by Gasteiger charge is 2.45. The van der Waals surface area contributed by atoms with Crippen molar-refractivity contribution in [1.29, 1.82) is 0 Å². The summed E-state index contributed by atoms with van der Waals surface area (Å²) in [4.78, 5) is 12.6. The lowest BCUT2D eigenvalue weighted by Gasteiger charge is -2.46. The number of nitrogens with one attached hydrogen (secondary N) is 1. The Kier molecular flexibility index (Phi) is 4.23. The first kappa shape index (κ1) is 15.1. The summed E-state index contributed by atoms with van der Waals surface area (Å²) in [6.45, 7) is 8.40. The molecular weight excluding hydrogens is 252 g/mol. The molecule has 3 unspecified atom stereocenters. The van der Waals surface area contributed by atoms with Gasteiger partial charge in [0.15, 0.2) is 0 Å². The standard InChI is InChI=1S/C16H26N2O2/c1-10-13(17)8-7-12(16(10,3)4)15(19)18-11(2)14-6-5-9-20-14/h5-6,9-13H,7-8,17H2,1-4H3,(H,18,19)/t10?,11-,12?,13?/m0/s1. The molecule has 3 N–H and O–H groups in total. The van der Waals surface area contributed by atoms with Crippen LogP contribution in [0.25, 0.3) is 0 Å². The second kappa shape index (κ2) is 5.60. The maximum absolute atomic E-state index is 12.6. The molecule has 1 saturated carbocycles. The van der Waals surface area contributed by atoms with Crippen molar-refractivity contribution in [3.63, 3.8) is 0 Å². The Labute approximate surface area is 121 Å². The SMILES string of the molecule is CC1C(N)CCC(C(=O)N[C@@H](C)c2ccco2)C1(C)C. The second-order valence-electron chi connectivity index (χ2n) is 6.65. The molecule has 0 radical (unpaired) electrons. The third-order valence-electron chi connectivity index (χ3n) is 5.15. The number of carbonyl (C=O) groups is 1. The van der Waals surface area contributed by atoms with Crippen molar-refractivity contribution in [2.24, 2.45) is 23.0 Å². The van der Waals surface area contributed by atoms with Crippen molar-refractivity contribution >= 4 is 5.91 Å². The van der Waals surface area contributed by atoms with E-state index >= 15 is 0 Å². The normalized spacial score (nSPS) is 30.8. The highest BCUT2D eigenvalue weighted by molar-refractivity contribution is 5.80. The van der Waals surface area contributed by atoms with Crippen molar-refractivity contribution in [3.05, 3.63) is 24.2 Å². The molecule has 0 bridgehead atoms. The fourth-order valence-electron chi connectivity index (χ4n) is 3.24. The molecule has 1 fully saturated rings. The number of carbonyl (C=O) groups excluding carboxylic acids is 1. The molecule has 112 valence electrons. The lowest BCUT2D eigenvalue weighted by molar-refractivity contribution is -0.133. The third-order valence-corrected chi connectivity index (χ3v) is 5.15. The predicted molar refractivity (Wildman–Crippen MR) is 78.9 cm³/mol. The first-order valence-corrected chi connectivity index (χ1v) is 7.43. The molecule has 0 aliphatic heterocycles. The van der Waals surface area contributed by atoms with E-state index in [-0.39, 0.29) is 29.3 Å². The molecule has 20 heavy (non-hydrogen) atoms. The number of hydrogen-bond acceptors (Lipinski definition) is 3. The molecule has 1 aromatic heterocycles. The first-order chi connectivity index (χ1) is 9.34. The Hall–Kier alpha value is -1.29. The molecular formula is C16H26N2O2. The Morgan fingerprint density at radius 1 is 1.50 bits per heavy atom. The molecule has 1 heterocycles. The highest BCUT2D eigenvalue weighted by Crippen LogP contribution is 2.44. The molecule has 4 atom stereocenters. The van der Waals surface area contributed by atoms with Crippen LogP contribution in [0, 0.1) is 17.3 Å². The van der Waals surface area contributed by atoms with Gasteiger partial charge in [-0.05, 0) is 43.2 Å². The monoisotopic (exact) mass is 278 g/mol. The van der Waals surface area contributed by atoms with E-state index in [4.69, 9.17) is 10.2 Å². The Bertz CT molecular complexity index is 453. The zero-order valence-corrected chi connectivity index (χ0v) is 12.8. The zero-order chi connectivity index (χ0) is 14.9. The van der Waals surface area contributed by atoms with Crippen LogP contribution >= 0.6 is 0 Å². The maximum Gasteiger partial charge on any atom is 0.224 e. The average molecular weight is 278 g/mol. The third kappa shape index (κ3) is 2.75. The van der Waals surface area contributed by atoms with E-state index in [9.17, 15) is 4.79 Å². The van der Waals surface area contributed by atoms with Crippen LogP contribution in [0.1, 0.15) is 52.3 Å². The van der Waals surface area contributed by atoms with Gasteiger partial charge in [0.1, 0.15) is 5.76 Å². The minimum Gasteiger partial charge on any atom is -0.467 e. The fourth-order valence-corrected chi connectivity index (χ4v) is 3.24. The summed E-state index contributed by atoms with van der Waals surface area (Å²) in [5, 5.41) is 3.07. The Balaban J connectivity index is 2.05. The minimum absolute atomic E-state index is 0.00899. The minimum atomic E-state index is -0.0980. The van der Waals surface area contributed by atoms with Crippen LogP contribution < -0.4 is 11.1 Å². The number of furan rings is 1. The molecule has 2 rings (SSSR count). The largest absolute Gasteiger partial charge is 0.467 e. The summed E-state index contributed by atoms with van der Waals surface area (Å²) < 4.78 is 5.34. The maximum atomic E-state index is 12.6. The van der Waals surface area contributed by atoms with Gasteiger partial charge in [0.25, 0.3) is 0 Å². The van der Waals surface area contributed by atoms with Gasteiger partial charge < -0.3 is 15.5 Å². The molecule has 4 heteroatoms. The molecule has 1 aromatic rings. The number of amides is 1. The van der Waals surface area contributed by atoms with Gasteiger partial charge in [-0.1, -0.05) is 20.8 Å². The summed E-state index contributed by atoms with van der Waals surface area (Å²) in [6, 6.07) is 3.81. The number of hydrogen-bond donors (Lipinski definition) is 2. The van der Waals surface area contributed by atoms with Gasteiger partial charge in [-0.25, -0.2) is 0 Å². The van der Waals surface area contributed by atoms with E-state index in [0.717, 1.165) is 18.6 Å². The van der Waals surface area contributed by atoms with Gasteiger partial charge in [-0.2, -0.15) is 0 Å². The molecule has 0 saturated heterocycles. The summed E-state index contributed by atoms with van der Waals surface area (Å²) in [7, 11) is 0. The van der Waals surface area contributed by atoms with Gasteiger partial charge in [-0.15, -0.1) is 0 Å². The van der Waals surface area contributed by atoms with E-state index < -0.39 is 0 Å². The van der Waals surface area contributed by atoms with Crippen molar-refractivity contribution in [2.45, 2.75) is 52.6 Å². The summed E-state index contributed by atoms with van der Waals surface area (Å²) >= 11 is 0. The lowest BCUT2D eigenvalue weighted by Crippen LogP contribution is -2.51. The van der Waals surface area contributed by atoms with Gasteiger partial charge in [0.2, 0.25) is 5.91 Å². The van der Waals surface area contributed by atoms with E-state index in [1.165, 1.54) is 0 Å². The van der Waals surface area contributed by atoms with Crippen LogP contribution in [0.15, 0.2) is 22.8 Å². The topological polar surface area (TPSA) is 68.3 Å². The Morgan fingerprint density at radius 2 is 2.20 bits per heavy atom. The molecule has 1 amide bonds. The average Bonchev–Trinajstić information content (AvgIpc) is 2.89. The fraction of sp³-hybridized carbons (Fsp3) is 0.688. The van der Waals surface area contributed by atoms with Crippen molar-refractivity contribution < 1.29 is 9.21 Å². The molecule has 1 aliphatic rings. The van der Waals surface area contributed by atoms with Gasteiger partial charge >= 0.3 is 0 Å². The van der Waals surface area contributed by atoms with E-state index in [1.54, 1.807) is 6.26 Å².